The van der Waals surface area contributed by atoms with Crippen molar-refractivity contribution in [3.8, 4) is 0 Å². The van der Waals surface area contributed by atoms with Crippen molar-refractivity contribution in [2.45, 2.75) is 32.4 Å². The third kappa shape index (κ3) is 3.75. The summed E-state index contributed by atoms with van der Waals surface area (Å²) in [6.07, 6.45) is 4.95. The Kier molecular flexibility index (Phi) is 5.14. The van der Waals surface area contributed by atoms with Gasteiger partial charge in [-0.3, -0.25) is 4.79 Å². The monoisotopic (exact) mass is 239 g/mol. The normalized spacial score (nSPS) is 12.1. The van der Waals surface area contributed by atoms with Gasteiger partial charge in [0.2, 0.25) is 5.91 Å². The summed E-state index contributed by atoms with van der Waals surface area (Å²) in [5.74, 6) is -0.159. The van der Waals surface area contributed by atoms with Gasteiger partial charge < -0.3 is 11.1 Å². The molecular formula is C11H17N3OS. The first-order chi connectivity index (χ1) is 7.67. The summed E-state index contributed by atoms with van der Waals surface area (Å²) in [5, 5.41) is 3.67. The van der Waals surface area contributed by atoms with E-state index in [0.29, 0.717) is 13.0 Å². The molecule has 4 nitrogen and oxygen atoms in total. The zero-order valence-electron chi connectivity index (χ0n) is 9.40. The van der Waals surface area contributed by atoms with E-state index in [2.05, 4.69) is 23.8 Å². The molecule has 3 N–H and O–H groups in total. The van der Waals surface area contributed by atoms with Gasteiger partial charge in [0.15, 0.2) is 0 Å². The molecule has 16 heavy (non-hydrogen) atoms. The lowest BCUT2D eigenvalue weighted by Gasteiger charge is -2.08. The van der Waals surface area contributed by atoms with Crippen LogP contribution in [-0.2, 0) is 17.8 Å². The molecule has 1 rings (SSSR count). The minimum Gasteiger partial charge on any atom is -0.348 e. The van der Waals surface area contributed by atoms with E-state index in [0.717, 1.165) is 11.4 Å². The van der Waals surface area contributed by atoms with Crippen LogP contribution in [0, 0.1) is 0 Å². The van der Waals surface area contributed by atoms with Crippen LogP contribution in [-0.4, -0.2) is 16.9 Å². The maximum atomic E-state index is 11.5. The summed E-state index contributed by atoms with van der Waals surface area (Å²) >= 11 is 1.61. The number of thiazole rings is 1. The zero-order chi connectivity index (χ0) is 12.0. The summed E-state index contributed by atoms with van der Waals surface area (Å²) < 4.78 is 0. The Morgan fingerprint density at radius 2 is 2.56 bits per heavy atom. The van der Waals surface area contributed by atoms with Crippen molar-refractivity contribution in [2.75, 3.05) is 0 Å². The number of aryl methyl sites for hydroxylation is 1. The van der Waals surface area contributed by atoms with Crippen LogP contribution < -0.4 is 11.1 Å². The average Bonchev–Trinajstić information content (AvgIpc) is 2.74. The van der Waals surface area contributed by atoms with Crippen LogP contribution in [0.2, 0.25) is 0 Å². The molecule has 5 heteroatoms. The lowest BCUT2D eigenvalue weighted by atomic mass is 10.2. The van der Waals surface area contributed by atoms with E-state index >= 15 is 0 Å². The van der Waals surface area contributed by atoms with Crippen LogP contribution in [0.25, 0.3) is 0 Å². The van der Waals surface area contributed by atoms with Gasteiger partial charge in [-0.05, 0) is 12.8 Å². The lowest BCUT2D eigenvalue weighted by molar-refractivity contribution is -0.122. The van der Waals surface area contributed by atoms with Gasteiger partial charge in [0.05, 0.1) is 12.6 Å². The highest BCUT2D eigenvalue weighted by Gasteiger charge is 2.11. The molecule has 0 spiro atoms. The van der Waals surface area contributed by atoms with Crippen molar-refractivity contribution in [1.29, 1.82) is 0 Å². The van der Waals surface area contributed by atoms with Gasteiger partial charge >= 0.3 is 0 Å². The minimum atomic E-state index is -0.511. The smallest absolute Gasteiger partial charge is 0.237 e. The first-order valence-electron chi connectivity index (χ1n) is 5.25. The van der Waals surface area contributed by atoms with Crippen molar-refractivity contribution < 1.29 is 4.79 Å². The molecule has 1 unspecified atom stereocenters. The number of hydrogen-bond acceptors (Lipinski definition) is 4. The zero-order valence-corrected chi connectivity index (χ0v) is 10.2. The van der Waals surface area contributed by atoms with Crippen molar-refractivity contribution in [3.05, 3.63) is 28.7 Å². The Morgan fingerprint density at radius 3 is 3.12 bits per heavy atom. The van der Waals surface area contributed by atoms with Crippen LogP contribution >= 0.6 is 11.3 Å². The molecule has 0 bridgehead atoms. The molecule has 0 aliphatic heterocycles. The van der Waals surface area contributed by atoms with E-state index in [9.17, 15) is 4.79 Å². The number of aromatic nitrogens is 1. The highest BCUT2D eigenvalue weighted by atomic mass is 32.1. The fraction of sp³-hybridized carbons (Fsp3) is 0.455. The number of nitrogens with two attached hydrogens (primary N) is 1. The van der Waals surface area contributed by atoms with Gasteiger partial charge in [-0.15, -0.1) is 17.9 Å². The van der Waals surface area contributed by atoms with E-state index in [1.165, 1.54) is 4.88 Å². The SMILES string of the molecule is C=CCC(N)C(=O)NCc1ncc(CC)s1. The number of carbonyl (C=O) groups excluding carboxylic acids is 1. The fourth-order valence-corrected chi connectivity index (χ4v) is 1.98. The highest BCUT2D eigenvalue weighted by molar-refractivity contribution is 7.11. The number of nitrogens with zero attached hydrogens (tertiary/aromatic N) is 1. The maximum absolute atomic E-state index is 11.5. The third-order valence-electron chi connectivity index (χ3n) is 2.12. The molecule has 1 aromatic heterocycles. The molecule has 88 valence electrons. The quantitative estimate of drug-likeness (QED) is 0.734. The molecule has 0 aromatic carbocycles. The Morgan fingerprint density at radius 1 is 1.81 bits per heavy atom. The van der Waals surface area contributed by atoms with Crippen LogP contribution in [0.3, 0.4) is 0 Å². The minimum absolute atomic E-state index is 0.159. The van der Waals surface area contributed by atoms with E-state index in [1.807, 2.05) is 6.20 Å². The first kappa shape index (κ1) is 12.9. The van der Waals surface area contributed by atoms with Crippen LogP contribution in [0.1, 0.15) is 23.2 Å². The second kappa shape index (κ2) is 6.40. The summed E-state index contributed by atoms with van der Waals surface area (Å²) in [6.45, 7) is 6.08. The molecule has 1 heterocycles. The van der Waals surface area contributed by atoms with Crippen molar-refractivity contribution in [2.24, 2.45) is 5.73 Å². The topological polar surface area (TPSA) is 68.0 Å². The molecule has 1 amide bonds. The summed E-state index contributed by atoms with van der Waals surface area (Å²) in [5.41, 5.74) is 5.62. The molecule has 1 aromatic rings. The number of carbonyl (C=O) groups is 1. The molecule has 0 saturated heterocycles. The predicted octanol–water partition coefficient (Wildman–Crippen LogP) is 1.23. The molecule has 1 atom stereocenters. The standard InChI is InChI=1S/C11H17N3OS/c1-3-5-9(12)11(15)14-7-10-13-6-8(4-2)16-10/h3,6,9H,1,4-5,7,12H2,2H3,(H,14,15). The number of hydrogen-bond donors (Lipinski definition) is 2. The molecule has 0 saturated carbocycles. The van der Waals surface area contributed by atoms with Crippen LogP contribution in [0.5, 0.6) is 0 Å². The molecule has 0 aliphatic carbocycles. The maximum Gasteiger partial charge on any atom is 0.237 e. The summed E-state index contributed by atoms with van der Waals surface area (Å²) in [6, 6.07) is -0.511. The molecular weight excluding hydrogens is 222 g/mol. The number of amides is 1. The van der Waals surface area contributed by atoms with Gasteiger partial charge in [0, 0.05) is 11.1 Å². The van der Waals surface area contributed by atoms with Gasteiger partial charge in [-0.1, -0.05) is 13.0 Å². The molecule has 0 radical (unpaired) electrons. The summed E-state index contributed by atoms with van der Waals surface area (Å²) in [7, 11) is 0. The van der Waals surface area contributed by atoms with E-state index in [4.69, 9.17) is 5.73 Å². The van der Waals surface area contributed by atoms with Gasteiger partial charge in [0.1, 0.15) is 5.01 Å². The Bertz CT molecular complexity index is 362. The molecule has 0 aliphatic rings. The lowest BCUT2D eigenvalue weighted by Crippen LogP contribution is -2.39. The molecule has 0 fully saturated rings. The van der Waals surface area contributed by atoms with E-state index in [-0.39, 0.29) is 5.91 Å². The van der Waals surface area contributed by atoms with Gasteiger partial charge in [-0.25, -0.2) is 4.98 Å². The fourth-order valence-electron chi connectivity index (χ4n) is 1.17. The highest BCUT2D eigenvalue weighted by Crippen LogP contribution is 2.12. The van der Waals surface area contributed by atoms with Gasteiger partial charge in [0.25, 0.3) is 0 Å². The van der Waals surface area contributed by atoms with Crippen LogP contribution in [0.15, 0.2) is 18.9 Å². The van der Waals surface area contributed by atoms with E-state index in [1.54, 1.807) is 17.4 Å². The number of nitrogens with one attached hydrogen (secondary N) is 1. The van der Waals surface area contributed by atoms with E-state index < -0.39 is 6.04 Å². The third-order valence-corrected chi connectivity index (χ3v) is 3.26. The van der Waals surface area contributed by atoms with Crippen molar-refractivity contribution >= 4 is 17.2 Å². The second-order valence-electron chi connectivity index (χ2n) is 3.42. The summed E-state index contributed by atoms with van der Waals surface area (Å²) in [4.78, 5) is 16.9. The Hall–Kier alpha value is -1.20. The second-order valence-corrected chi connectivity index (χ2v) is 4.62. The Labute approximate surface area is 99.6 Å². The predicted molar refractivity (Wildman–Crippen MR) is 66.1 cm³/mol. The van der Waals surface area contributed by atoms with Crippen molar-refractivity contribution in [1.82, 2.24) is 10.3 Å². The first-order valence-corrected chi connectivity index (χ1v) is 6.06. The van der Waals surface area contributed by atoms with Crippen LogP contribution in [0.4, 0.5) is 0 Å². The number of rotatable bonds is 6. The Balaban J connectivity index is 2.39. The van der Waals surface area contributed by atoms with Gasteiger partial charge in [-0.2, -0.15) is 0 Å². The average molecular weight is 239 g/mol. The van der Waals surface area contributed by atoms with Crippen molar-refractivity contribution in [3.63, 3.8) is 0 Å². The largest absolute Gasteiger partial charge is 0.348 e.